The molecule has 1 aliphatic heterocycles. The summed E-state index contributed by atoms with van der Waals surface area (Å²) in [7, 11) is 0. The molecule has 108 valence electrons. The zero-order valence-electron chi connectivity index (χ0n) is 11.6. The molecule has 0 aromatic carbocycles. The lowest BCUT2D eigenvalue weighted by molar-refractivity contribution is -0.117. The first-order valence-corrected chi connectivity index (χ1v) is 7.92. The first-order chi connectivity index (χ1) is 9.32. The van der Waals surface area contributed by atoms with Gasteiger partial charge < -0.3 is 0 Å². The lowest BCUT2D eigenvalue weighted by Gasteiger charge is -2.16. The molecule has 0 radical (unpaired) electrons. The predicted molar refractivity (Wildman–Crippen MR) is 83.0 cm³/mol. The molecule has 1 amide bonds. The number of halogens is 1. The molecule has 1 saturated heterocycles. The van der Waals surface area contributed by atoms with Crippen molar-refractivity contribution in [2.75, 3.05) is 18.0 Å². The number of carbonyl (C=O) groups excluding carboxylic acids is 1. The maximum absolute atomic E-state index is 12.1. The van der Waals surface area contributed by atoms with Gasteiger partial charge in [-0.05, 0) is 27.4 Å². The minimum atomic E-state index is -0.0686. The fourth-order valence-corrected chi connectivity index (χ4v) is 4.26. The number of nitrogens with zero attached hydrogens (tertiary/aromatic N) is 5. The summed E-state index contributed by atoms with van der Waals surface area (Å²) in [6, 6.07) is 0. The third-order valence-corrected chi connectivity index (χ3v) is 4.85. The Morgan fingerprint density at radius 2 is 2.30 bits per heavy atom. The van der Waals surface area contributed by atoms with Gasteiger partial charge in [-0.1, -0.05) is 37.2 Å². The lowest BCUT2D eigenvalue weighted by atomic mass is 9.93. The topological polar surface area (TPSA) is 82.0 Å². The smallest absolute Gasteiger partial charge is 0.229 e. The number of carbonyl (C=O) groups is 1. The molecule has 20 heavy (non-hydrogen) atoms. The standard InChI is InChI=1S/C12H16BrN5OS/c1-12(2,3)9-10(13)20-11(16-9)18-6-7(4-8(18)19)5-15-17-14/h7H,4-6H2,1-3H3. The van der Waals surface area contributed by atoms with Crippen LogP contribution in [0.4, 0.5) is 5.13 Å². The maximum atomic E-state index is 12.1. The molecule has 1 fully saturated rings. The van der Waals surface area contributed by atoms with Gasteiger partial charge in [-0.15, -0.1) is 0 Å². The number of azide groups is 1. The fourth-order valence-electron chi connectivity index (χ4n) is 2.11. The SMILES string of the molecule is CC(C)(C)c1nc(N2CC(CN=[N+]=[N-])CC2=O)sc1Br. The monoisotopic (exact) mass is 357 g/mol. The third kappa shape index (κ3) is 3.13. The van der Waals surface area contributed by atoms with Crippen LogP contribution < -0.4 is 4.90 Å². The van der Waals surface area contributed by atoms with E-state index in [1.807, 2.05) is 0 Å². The van der Waals surface area contributed by atoms with Crippen molar-refractivity contribution in [1.29, 1.82) is 0 Å². The van der Waals surface area contributed by atoms with E-state index in [1.54, 1.807) is 4.90 Å². The van der Waals surface area contributed by atoms with Crippen molar-refractivity contribution in [2.24, 2.45) is 11.0 Å². The molecular weight excluding hydrogens is 342 g/mol. The number of aromatic nitrogens is 1. The number of anilines is 1. The Kier molecular flexibility index (Phi) is 4.36. The number of hydrogen-bond donors (Lipinski definition) is 0. The van der Waals surface area contributed by atoms with E-state index in [1.165, 1.54) is 11.3 Å². The van der Waals surface area contributed by atoms with Crippen molar-refractivity contribution in [2.45, 2.75) is 32.6 Å². The molecule has 0 spiro atoms. The summed E-state index contributed by atoms with van der Waals surface area (Å²) in [6.45, 7) is 7.20. The quantitative estimate of drug-likeness (QED) is 0.467. The zero-order valence-corrected chi connectivity index (χ0v) is 14.0. The van der Waals surface area contributed by atoms with E-state index in [9.17, 15) is 4.79 Å². The number of rotatable bonds is 3. The molecule has 1 unspecified atom stereocenters. The normalized spacial score (nSPS) is 19.3. The van der Waals surface area contributed by atoms with Gasteiger partial charge in [0.15, 0.2) is 5.13 Å². The van der Waals surface area contributed by atoms with Gasteiger partial charge in [0.2, 0.25) is 5.91 Å². The highest BCUT2D eigenvalue weighted by molar-refractivity contribution is 9.11. The summed E-state index contributed by atoms with van der Waals surface area (Å²) < 4.78 is 0.964. The average molecular weight is 358 g/mol. The Morgan fingerprint density at radius 1 is 1.60 bits per heavy atom. The molecule has 8 heteroatoms. The predicted octanol–water partition coefficient (Wildman–Crippen LogP) is 3.87. The van der Waals surface area contributed by atoms with Crippen LogP contribution >= 0.6 is 27.3 Å². The van der Waals surface area contributed by atoms with Gasteiger partial charge in [0.25, 0.3) is 0 Å². The molecule has 1 atom stereocenters. The van der Waals surface area contributed by atoms with E-state index in [0.717, 1.165) is 14.6 Å². The van der Waals surface area contributed by atoms with E-state index < -0.39 is 0 Å². The Balaban J connectivity index is 2.20. The van der Waals surface area contributed by atoms with Crippen LogP contribution in [0, 0.1) is 5.92 Å². The Bertz CT molecular complexity index is 573. The van der Waals surface area contributed by atoms with E-state index in [2.05, 4.69) is 51.7 Å². The summed E-state index contributed by atoms with van der Waals surface area (Å²) in [6.07, 6.45) is 0.418. The van der Waals surface area contributed by atoms with Gasteiger partial charge in [-0.2, -0.15) is 0 Å². The maximum Gasteiger partial charge on any atom is 0.229 e. The summed E-state index contributed by atoms with van der Waals surface area (Å²) in [5, 5.41) is 4.27. The molecule has 0 aliphatic carbocycles. The van der Waals surface area contributed by atoms with Crippen molar-refractivity contribution < 1.29 is 4.79 Å². The van der Waals surface area contributed by atoms with Crippen LogP contribution in [0.2, 0.25) is 0 Å². The van der Waals surface area contributed by atoms with Gasteiger partial charge in [0.05, 0.1) is 9.48 Å². The van der Waals surface area contributed by atoms with E-state index in [4.69, 9.17) is 5.53 Å². The van der Waals surface area contributed by atoms with E-state index >= 15 is 0 Å². The Morgan fingerprint density at radius 3 is 2.85 bits per heavy atom. The first-order valence-electron chi connectivity index (χ1n) is 6.31. The number of thiazole rings is 1. The molecule has 0 N–H and O–H groups in total. The second kappa shape index (κ2) is 5.71. The summed E-state index contributed by atoms with van der Waals surface area (Å²) in [4.78, 5) is 21.1. The van der Waals surface area contributed by atoms with E-state index in [-0.39, 0.29) is 17.2 Å². The highest BCUT2D eigenvalue weighted by atomic mass is 79.9. The molecular formula is C12H16BrN5OS. The molecule has 2 rings (SSSR count). The summed E-state index contributed by atoms with van der Waals surface area (Å²) in [5.74, 6) is 0.129. The van der Waals surface area contributed by atoms with Crippen LogP contribution in [0.5, 0.6) is 0 Å². The largest absolute Gasteiger partial charge is 0.288 e. The van der Waals surface area contributed by atoms with Crippen molar-refractivity contribution in [1.82, 2.24) is 4.98 Å². The minimum absolute atomic E-state index is 0.0462. The average Bonchev–Trinajstić information content (AvgIpc) is 2.89. The van der Waals surface area contributed by atoms with Crippen LogP contribution in [0.3, 0.4) is 0 Å². The van der Waals surface area contributed by atoms with Crippen LogP contribution in [0.25, 0.3) is 10.4 Å². The van der Waals surface area contributed by atoms with Crippen LogP contribution in [0.15, 0.2) is 8.90 Å². The Hall–Kier alpha value is -1.11. The van der Waals surface area contributed by atoms with Gasteiger partial charge in [-0.3, -0.25) is 9.69 Å². The van der Waals surface area contributed by atoms with Crippen molar-refractivity contribution in [3.05, 3.63) is 19.9 Å². The van der Waals surface area contributed by atoms with E-state index in [0.29, 0.717) is 19.5 Å². The van der Waals surface area contributed by atoms with Gasteiger partial charge in [-0.25, -0.2) is 4.98 Å². The van der Waals surface area contributed by atoms with Crippen LogP contribution in [0.1, 0.15) is 32.9 Å². The van der Waals surface area contributed by atoms with Crippen molar-refractivity contribution in [3.8, 4) is 0 Å². The highest BCUT2D eigenvalue weighted by Crippen LogP contribution is 2.39. The van der Waals surface area contributed by atoms with Crippen LogP contribution in [-0.2, 0) is 10.2 Å². The second-order valence-electron chi connectivity index (χ2n) is 5.86. The molecule has 2 heterocycles. The molecule has 1 aromatic heterocycles. The third-order valence-electron chi connectivity index (χ3n) is 3.12. The second-order valence-corrected chi connectivity index (χ2v) is 8.15. The van der Waals surface area contributed by atoms with Gasteiger partial charge in [0.1, 0.15) is 0 Å². The molecule has 0 saturated carbocycles. The highest BCUT2D eigenvalue weighted by Gasteiger charge is 2.33. The summed E-state index contributed by atoms with van der Waals surface area (Å²) >= 11 is 5.00. The molecule has 1 aliphatic rings. The van der Waals surface area contributed by atoms with Crippen molar-refractivity contribution >= 4 is 38.3 Å². The minimum Gasteiger partial charge on any atom is -0.288 e. The fraction of sp³-hybridized carbons (Fsp3) is 0.667. The zero-order chi connectivity index (χ0) is 14.9. The van der Waals surface area contributed by atoms with Gasteiger partial charge in [0, 0.05) is 29.8 Å². The van der Waals surface area contributed by atoms with Gasteiger partial charge >= 0.3 is 0 Å². The summed E-state index contributed by atoms with van der Waals surface area (Å²) in [5.41, 5.74) is 9.24. The molecule has 0 bridgehead atoms. The lowest BCUT2D eigenvalue weighted by Crippen LogP contribution is -2.25. The van der Waals surface area contributed by atoms with Crippen molar-refractivity contribution in [3.63, 3.8) is 0 Å². The molecule has 6 nitrogen and oxygen atoms in total. The first kappa shape index (κ1) is 15.3. The van der Waals surface area contributed by atoms with Crippen LogP contribution in [-0.4, -0.2) is 24.0 Å². The number of hydrogen-bond acceptors (Lipinski definition) is 4. The Labute approximate surface area is 129 Å². The number of amides is 1. The molecule has 1 aromatic rings.